The van der Waals surface area contributed by atoms with Crippen molar-refractivity contribution in [1.29, 1.82) is 0 Å². The van der Waals surface area contributed by atoms with Gasteiger partial charge < -0.3 is 5.73 Å². The summed E-state index contributed by atoms with van der Waals surface area (Å²) in [6, 6.07) is 2.06. The van der Waals surface area contributed by atoms with Crippen molar-refractivity contribution < 1.29 is 0 Å². The molecule has 2 heterocycles. The number of thiophene rings is 1. The summed E-state index contributed by atoms with van der Waals surface area (Å²) < 4.78 is 0. The van der Waals surface area contributed by atoms with Gasteiger partial charge in [-0.15, -0.1) is 21.6 Å². The third kappa shape index (κ3) is 7.93. The van der Waals surface area contributed by atoms with E-state index in [-0.39, 0.29) is 0 Å². The summed E-state index contributed by atoms with van der Waals surface area (Å²) in [5.74, 6) is 0.885. The number of hydrazine groups is 2. The number of hydrogen-bond acceptors (Lipinski definition) is 6. The van der Waals surface area contributed by atoms with Crippen LogP contribution in [0.1, 0.15) is 38.1 Å². The number of allylic oxidation sites excluding steroid dienone is 2. The highest BCUT2D eigenvalue weighted by Crippen LogP contribution is 2.15. The number of amidine groups is 1. The number of nitrogens with one attached hydrogen (secondary N) is 2. The van der Waals surface area contributed by atoms with E-state index in [0.717, 1.165) is 11.4 Å². The molecule has 0 amide bonds. The highest BCUT2D eigenvalue weighted by Gasteiger charge is 2.14. The number of hydrazone groups is 1. The van der Waals surface area contributed by atoms with Crippen molar-refractivity contribution in [2.75, 3.05) is 14.1 Å². The fraction of sp³-hybridized carbons (Fsp3) is 0.500. The van der Waals surface area contributed by atoms with Crippen molar-refractivity contribution in [3.05, 3.63) is 34.0 Å². The SMILES string of the molecule is C/C=C\C.CC.CN.Cc1sccc1C1=NNN(C)N1. The van der Waals surface area contributed by atoms with E-state index < -0.39 is 0 Å². The maximum Gasteiger partial charge on any atom is 0.171 e. The van der Waals surface area contributed by atoms with Crippen molar-refractivity contribution >= 4 is 17.2 Å². The first-order valence-corrected chi connectivity index (χ1v) is 7.60. The molecule has 0 radical (unpaired) electrons. The Morgan fingerprint density at radius 1 is 1.25 bits per heavy atom. The van der Waals surface area contributed by atoms with Gasteiger partial charge in [-0.1, -0.05) is 26.0 Å². The first kappa shape index (κ1) is 20.9. The Kier molecular flexibility index (Phi) is 14.7. The van der Waals surface area contributed by atoms with Crippen LogP contribution in [-0.4, -0.2) is 25.0 Å². The van der Waals surface area contributed by atoms with E-state index in [1.165, 1.54) is 11.9 Å². The van der Waals surface area contributed by atoms with E-state index in [1.807, 2.05) is 46.9 Å². The van der Waals surface area contributed by atoms with Gasteiger partial charge in [0.05, 0.1) is 0 Å². The van der Waals surface area contributed by atoms with E-state index >= 15 is 0 Å². The Labute approximate surface area is 127 Å². The van der Waals surface area contributed by atoms with Gasteiger partial charge in [-0.25, -0.2) is 5.53 Å². The summed E-state index contributed by atoms with van der Waals surface area (Å²) in [5, 5.41) is 7.89. The zero-order chi connectivity index (χ0) is 16.0. The second kappa shape index (κ2) is 14.0. The molecule has 0 aromatic carbocycles. The van der Waals surface area contributed by atoms with Crippen molar-refractivity contribution in [2.45, 2.75) is 34.6 Å². The minimum Gasteiger partial charge on any atom is -0.333 e. The number of hydrogen-bond donors (Lipinski definition) is 3. The lowest BCUT2D eigenvalue weighted by atomic mass is 10.2. The van der Waals surface area contributed by atoms with Crippen LogP contribution in [0.25, 0.3) is 0 Å². The van der Waals surface area contributed by atoms with Crippen LogP contribution in [-0.2, 0) is 0 Å². The average molecular weight is 299 g/mol. The molecule has 0 saturated heterocycles. The highest BCUT2D eigenvalue weighted by molar-refractivity contribution is 7.10. The van der Waals surface area contributed by atoms with Crippen LogP contribution in [0.4, 0.5) is 0 Å². The second-order valence-electron chi connectivity index (χ2n) is 3.29. The topological polar surface area (TPSA) is 65.7 Å². The van der Waals surface area contributed by atoms with E-state index in [1.54, 1.807) is 16.5 Å². The molecular weight excluding hydrogens is 270 g/mol. The third-order valence-electron chi connectivity index (χ3n) is 2.03. The van der Waals surface area contributed by atoms with Crippen LogP contribution >= 0.6 is 11.3 Å². The van der Waals surface area contributed by atoms with E-state index in [0.29, 0.717) is 0 Å². The molecule has 5 nitrogen and oxygen atoms in total. The summed E-state index contributed by atoms with van der Waals surface area (Å²) in [4.78, 5) is 1.28. The predicted octanol–water partition coefficient (Wildman–Crippen LogP) is 2.86. The van der Waals surface area contributed by atoms with Gasteiger partial charge in [0.1, 0.15) is 0 Å². The molecule has 6 heteroatoms. The molecule has 2 rings (SSSR count). The quantitative estimate of drug-likeness (QED) is 0.698. The van der Waals surface area contributed by atoms with Crippen molar-refractivity contribution in [3.8, 4) is 0 Å². The molecule has 0 saturated carbocycles. The Bertz CT molecular complexity index is 381. The molecule has 0 fully saturated rings. The summed E-state index contributed by atoms with van der Waals surface area (Å²) in [7, 11) is 3.37. The van der Waals surface area contributed by atoms with Gasteiger partial charge in [0.25, 0.3) is 0 Å². The first-order chi connectivity index (χ1) is 9.69. The van der Waals surface area contributed by atoms with Gasteiger partial charge in [-0.05, 0) is 39.3 Å². The standard InChI is InChI=1S/C7H10N4S.C4H8.C2H6.CH5N/c1-5-6(3-4-12-5)7-8-10-11(2)9-7;1-3-4-2;2*1-2/h3-4,10H,1-2H3,(H,8,9);3-4H,1-2H3;1-2H3;2H2,1H3/b;4-3-;;. The van der Waals surface area contributed by atoms with Gasteiger partial charge in [-0.2, -0.15) is 0 Å². The fourth-order valence-electron chi connectivity index (χ4n) is 1.08. The fourth-order valence-corrected chi connectivity index (χ4v) is 1.78. The van der Waals surface area contributed by atoms with Crippen LogP contribution in [0.15, 0.2) is 28.7 Å². The molecule has 0 unspecified atom stereocenters. The molecular formula is C14H29N5S. The van der Waals surface area contributed by atoms with Crippen molar-refractivity contribution in [3.63, 3.8) is 0 Å². The van der Waals surface area contributed by atoms with E-state index in [4.69, 9.17) is 0 Å². The third-order valence-corrected chi connectivity index (χ3v) is 2.88. The van der Waals surface area contributed by atoms with Gasteiger partial charge in [0.15, 0.2) is 5.84 Å². The molecule has 0 atom stereocenters. The summed E-state index contributed by atoms with van der Waals surface area (Å²) >= 11 is 1.73. The molecule has 4 N–H and O–H groups in total. The van der Waals surface area contributed by atoms with Crippen LogP contribution in [0, 0.1) is 6.92 Å². The smallest absolute Gasteiger partial charge is 0.171 e. The zero-order valence-electron chi connectivity index (χ0n) is 13.7. The molecule has 116 valence electrons. The lowest BCUT2D eigenvalue weighted by molar-refractivity contribution is 0.232. The molecule has 1 aliphatic rings. The molecule has 0 bridgehead atoms. The Hall–Kier alpha value is -1.37. The average Bonchev–Trinajstić information content (AvgIpc) is 3.12. The lowest BCUT2D eigenvalue weighted by Crippen LogP contribution is -2.37. The summed E-state index contributed by atoms with van der Waals surface area (Å²) in [6.45, 7) is 10.1. The number of aryl methyl sites for hydroxylation is 1. The van der Waals surface area contributed by atoms with Crippen LogP contribution < -0.4 is 16.7 Å². The Balaban J connectivity index is 0. The number of rotatable bonds is 1. The normalized spacial score (nSPS) is 12.7. The van der Waals surface area contributed by atoms with Crippen molar-refractivity contribution in [2.24, 2.45) is 10.8 Å². The Morgan fingerprint density at radius 3 is 2.10 bits per heavy atom. The monoisotopic (exact) mass is 299 g/mol. The maximum absolute atomic E-state index is 4.50. The molecule has 0 aliphatic carbocycles. The number of nitrogens with zero attached hydrogens (tertiary/aromatic N) is 2. The minimum atomic E-state index is 0.885. The summed E-state index contributed by atoms with van der Waals surface area (Å²) in [5.41, 5.74) is 11.5. The molecule has 0 spiro atoms. The van der Waals surface area contributed by atoms with Gasteiger partial charge in [-0.3, -0.25) is 5.43 Å². The van der Waals surface area contributed by atoms with E-state index in [2.05, 4.69) is 40.2 Å². The van der Waals surface area contributed by atoms with Crippen LogP contribution in [0.2, 0.25) is 0 Å². The summed E-state index contributed by atoms with van der Waals surface area (Å²) in [6.07, 6.45) is 4.00. The zero-order valence-corrected chi connectivity index (χ0v) is 14.5. The first-order valence-electron chi connectivity index (χ1n) is 6.72. The minimum absolute atomic E-state index is 0.885. The Morgan fingerprint density at radius 2 is 1.80 bits per heavy atom. The molecule has 1 aliphatic heterocycles. The van der Waals surface area contributed by atoms with Crippen LogP contribution in [0.3, 0.4) is 0 Å². The van der Waals surface area contributed by atoms with E-state index in [9.17, 15) is 0 Å². The van der Waals surface area contributed by atoms with Gasteiger partial charge in [0, 0.05) is 17.5 Å². The highest BCUT2D eigenvalue weighted by atomic mass is 32.1. The molecule has 1 aromatic heterocycles. The molecule has 20 heavy (non-hydrogen) atoms. The maximum atomic E-state index is 4.50. The largest absolute Gasteiger partial charge is 0.333 e. The van der Waals surface area contributed by atoms with Gasteiger partial charge >= 0.3 is 0 Å². The van der Waals surface area contributed by atoms with Crippen LogP contribution in [0.5, 0.6) is 0 Å². The predicted molar refractivity (Wildman–Crippen MR) is 91.6 cm³/mol. The molecule has 1 aromatic rings. The number of nitrogens with two attached hydrogens (primary N) is 1. The lowest BCUT2D eigenvalue weighted by Gasteiger charge is -2.07. The van der Waals surface area contributed by atoms with Crippen molar-refractivity contribution in [1.82, 2.24) is 16.1 Å². The van der Waals surface area contributed by atoms with Gasteiger partial charge in [0.2, 0.25) is 0 Å². The second-order valence-corrected chi connectivity index (χ2v) is 4.41.